The standard InChI is InChI=1S/C13H16N2O3/c1-2-14-13(18)15-8-7-10(12(16)17)9-5-3-4-6-11(9)15/h3-6,10H,2,7-8H2,1H3,(H,14,18)(H,16,17). The van der Waals surface area contributed by atoms with Crippen LogP contribution in [0.2, 0.25) is 0 Å². The van der Waals surface area contributed by atoms with Crippen LogP contribution in [0.4, 0.5) is 10.5 Å². The molecule has 2 rings (SSSR count). The van der Waals surface area contributed by atoms with E-state index in [1.165, 1.54) is 0 Å². The molecule has 0 fully saturated rings. The number of rotatable bonds is 2. The van der Waals surface area contributed by atoms with Gasteiger partial charge in [0, 0.05) is 18.8 Å². The summed E-state index contributed by atoms with van der Waals surface area (Å²) in [6.45, 7) is 2.84. The van der Waals surface area contributed by atoms with E-state index in [4.69, 9.17) is 0 Å². The molecule has 1 heterocycles. The van der Waals surface area contributed by atoms with E-state index in [9.17, 15) is 14.7 Å². The van der Waals surface area contributed by atoms with Crippen molar-refractivity contribution in [2.75, 3.05) is 18.0 Å². The van der Waals surface area contributed by atoms with Crippen LogP contribution in [0.1, 0.15) is 24.8 Å². The van der Waals surface area contributed by atoms with Crippen LogP contribution < -0.4 is 10.2 Å². The number of urea groups is 1. The van der Waals surface area contributed by atoms with E-state index in [1.54, 1.807) is 23.1 Å². The van der Waals surface area contributed by atoms with Gasteiger partial charge in [0.15, 0.2) is 0 Å². The average molecular weight is 248 g/mol. The van der Waals surface area contributed by atoms with Crippen LogP contribution in [0.3, 0.4) is 0 Å². The third-order valence-electron chi connectivity index (χ3n) is 3.12. The SMILES string of the molecule is CCNC(=O)N1CCC(C(=O)O)c2ccccc21. The first-order valence-corrected chi connectivity index (χ1v) is 6.02. The Labute approximate surface area is 105 Å². The Morgan fingerprint density at radius 2 is 2.17 bits per heavy atom. The minimum atomic E-state index is -0.835. The van der Waals surface area contributed by atoms with Crippen LogP contribution in [0.5, 0.6) is 0 Å². The highest BCUT2D eigenvalue weighted by molar-refractivity contribution is 5.95. The van der Waals surface area contributed by atoms with Crippen molar-refractivity contribution >= 4 is 17.7 Å². The molecule has 1 atom stereocenters. The van der Waals surface area contributed by atoms with E-state index in [1.807, 2.05) is 13.0 Å². The lowest BCUT2D eigenvalue weighted by Crippen LogP contribution is -2.44. The number of carbonyl (C=O) groups excluding carboxylic acids is 1. The van der Waals surface area contributed by atoms with Gasteiger partial charge in [-0.1, -0.05) is 18.2 Å². The van der Waals surface area contributed by atoms with Gasteiger partial charge in [0.1, 0.15) is 0 Å². The first kappa shape index (κ1) is 12.4. The highest BCUT2D eigenvalue weighted by Crippen LogP contribution is 2.35. The van der Waals surface area contributed by atoms with Crippen molar-refractivity contribution < 1.29 is 14.7 Å². The number of hydrogen-bond acceptors (Lipinski definition) is 2. The van der Waals surface area contributed by atoms with E-state index < -0.39 is 11.9 Å². The molecule has 1 unspecified atom stereocenters. The predicted molar refractivity (Wildman–Crippen MR) is 67.9 cm³/mol. The van der Waals surface area contributed by atoms with Crippen LogP contribution in [0.15, 0.2) is 24.3 Å². The fourth-order valence-electron chi connectivity index (χ4n) is 2.28. The zero-order valence-electron chi connectivity index (χ0n) is 10.2. The maximum atomic E-state index is 11.9. The molecule has 18 heavy (non-hydrogen) atoms. The van der Waals surface area contributed by atoms with Crippen LogP contribution >= 0.6 is 0 Å². The van der Waals surface area contributed by atoms with Gasteiger partial charge in [-0.05, 0) is 25.0 Å². The van der Waals surface area contributed by atoms with Gasteiger partial charge >= 0.3 is 12.0 Å². The molecule has 0 saturated heterocycles. The van der Waals surface area contributed by atoms with Crippen LogP contribution in [0.25, 0.3) is 0 Å². The number of para-hydroxylation sites is 1. The summed E-state index contributed by atoms with van der Waals surface area (Å²) in [7, 11) is 0. The van der Waals surface area contributed by atoms with Gasteiger partial charge in [-0.2, -0.15) is 0 Å². The monoisotopic (exact) mass is 248 g/mol. The molecular weight excluding hydrogens is 232 g/mol. The van der Waals surface area contributed by atoms with Crippen molar-refractivity contribution in [3.63, 3.8) is 0 Å². The van der Waals surface area contributed by atoms with E-state index in [2.05, 4.69) is 5.32 Å². The minimum absolute atomic E-state index is 0.172. The molecule has 0 saturated carbocycles. The number of nitrogens with one attached hydrogen (secondary N) is 1. The van der Waals surface area contributed by atoms with Crippen LogP contribution in [-0.2, 0) is 4.79 Å². The zero-order chi connectivity index (χ0) is 13.1. The van der Waals surface area contributed by atoms with Crippen LogP contribution in [-0.4, -0.2) is 30.2 Å². The number of hydrogen-bond donors (Lipinski definition) is 2. The summed E-state index contributed by atoms with van der Waals surface area (Å²) in [4.78, 5) is 24.7. The van der Waals surface area contributed by atoms with Crippen LogP contribution in [0, 0.1) is 0 Å². The lowest BCUT2D eigenvalue weighted by molar-refractivity contribution is -0.139. The molecule has 0 aliphatic carbocycles. The largest absolute Gasteiger partial charge is 0.481 e. The Morgan fingerprint density at radius 1 is 1.44 bits per heavy atom. The number of carboxylic acid groups (broad SMARTS) is 1. The van der Waals surface area contributed by atoms with Gasteiger partial charge in [-0.3, -0.25) is 9.69 Å². The van der Waals surface area contributed by atoms with Gasteiger partial charge in [0.05, 0.1) is 5.92 Å². The molecule has 2 N–H and O–H groups in total. The second kappa shape index (κ2) is 5.08. The fraction of sp³-hybridized carbons (Fsp3) is 0.385. The smallest absolute Gasteiger partial charge is 0.321 e. The molecule has 0 radical (unpaired) electrons. The van der Waals surface area contributed by atoms with Gasteiger partial charge in [-0.15, -0.1) is 0 Å². The van der Waals surface area contributed by atoms with Crippen molar-refractivity contribution in [1.82, 2.24) is 5.32 Å². The summed E-state index contributed by atoms with van der Waals surface area (Å²) in [5.74, 6) is -1.36. The van der Waals surface area contributed by atoms with Crippen molar-refractivity contribution in [3.8, 4) is 0 Å². The molecule has 5 nitrogen and oxygen atoms in total. The summed E-state index contributed by atoms with van der Waals surface area (Å²) in [5, 5.41) is 11.9. The first-order chi connectivity index (χ1) is 8.65. The Morgan fingerprint density at radius 3 is 2.83 bits per heavy atom. The topological polar surface area (TPSA) is 69.6 Å². The number of benzene rings is 1. The van der Waals surface area contributed by atoms with Crippen molar-refractivity contribution in [1.29, 1.82) is 0 Å². The lowest BCUT2D eigenvalue weighted by Gasteiger charge is -2.32. The van der Waals surface area contributed by atoms with Crippen molar-refractivity contribution in [2.45, 2.75) is 19.3 Å². The normalized spacial score (nSPS) is 18.1. The Bertz CT molecular complexity index is 473. The maximum absolute atomic E-state index is 11.9. The molecule has 0 spiro atoms. The molecule has 0 bridgehead atoms. The number of anilines is 1. The quantitative estimate of drug-likeness (QED) is 0.838. The molecule has 1 aliphatic heterocycles. The third-order valence-corrected chi connectivity index (χ3v) is 3.12. The van der Waals surface area contributed by atoms with Gasteiger partial charge in [0.25, 0.3) is 0 Å². The van der Waals surface area contributed by atoms with E-state index in [0.29, 0.717) is 30.8 Å². The van der Waals surface area contributed by atoms with Gasteiger partial charge < -0.3 is 10.4 Å². The highest BCUT2D eigenvalue weighted by Gasteiger charge is 2.31. The third kappa shape index (κ3) is 2.16. The molecule has 1 aromatic carbocycles. The molecule has 1 aromatic rings. The number of amides is 2. The maximum Gasteiger partial charge on any atom is 0.321 e. The highest BCUT2D eigenvalue weighted by atomic mass is 16.4. The zero-order valence-corrected chi connectivity index (χ0v) is 10.2. The second-order valence-corrected chi connectivity index (χ2v) is 4.23. The Balaban J connectivity index is 2.36. The van der Waals surface area contributed by atoms with E-state index in [-0.39, 0.29) is 6.03 Å². The molecular formula is C13H16N2O3. The molecule has 0 aromatic heterocycles. The average Bonchev–Trinajstić information content (AvgIpc) is 2.37. The summed E-state index contributed by atoms with van der Waals surface area (Å²) in [6.07, 6.45) is 0.448. The number of fused-ring (bicyclic) bond motifs is 1. The lowest BCUT2D eigenvalue weighted by atomic mass is 9.90. The Kier molecular flexibility index (Phi) is 3.50. The minimum Gasteiger partial charge on any atom is -0.481 e. The van der Waals surface area contributed by atoms with Gasteiger partial charge in [-0.25, -0.2) is 4.79 Å². The van der Waals surface area contributed by atoms with Crippen molar-refractivity contribution in [2.24, 2.45) is 0 Å². The molecule has 1 aliphatic rings. The van der Waals surface area contributed by atoms with Crippen molar-refractivity contribution in [3.05, 3.63) is 29.8 Å². The van der Waals surface area contributed by atoms with E-state index in [0.717, 1.165) is 0 Å². The number of carboxylic acids is 1. The summed E-state index contributed by atoms with van der Waals surface area (Å²) in [5.41, 5.74) is 1.41. The summed E-state index contributed by atoms with van der Waals surface area (Å²) < 4.78 is 0. The number of aliphatic carboxylic acids is 1. The number of carbonyl (C=O) groups is 2. The Hall–Kier alpha value is -2.04. The summed E-state index contributed by atoms with van der Waals surface area (Å²) in [6, 6.07) is 7.01. The summed E-state index contributed by atoms with van der Waals surface area (Å²) >= 11 is 0. The fourth-order valence-corrected chi connectivity index (χ4v) is 2.28. The molecule has 2 amide bonds. The predicted octanol–water partition coefficient (Wildman–Crippen LogP) is 1.79. The van der Waals surface area contributed by atoms with E-state index >= 15 is 0 Å². The first-order valence-electron chi connectivity index (χ1n) is 6.02. The number of nitrogens with zero attached hydrogens (tertiary/aromatic N) is 1. The molecule has 5 heteroatoms. The molecule has 96 valence electrons. The van der Waals surface area contributed by atoms with Gasteiger partial charge in [0.2, 0.25) is 0 Å². The second-order valence-electron chi connectivity index (χ2n) is 4.23.